The van der Waals surface area contributed by atoms with Gasteiger partial charge in [0.2, 0.25) is 0 Å². The van der Waals surface area contributed by atoms with E-state index in [1.54, 1.807) is 12.1 Å². The van der Waals surface area contributed by atoms with Crippen molar-refractivity contribution in [3.63, 3.8) is 0 Å². The Kier molecular flexibility index (Phi) is 3.10. The summed E-state index contributed by atoms with van der Waals surface area (Å²) in [5.41, 5.74) is 0.151. The molecule has 1 N–H and O–H groups in total. The van der Waals surface area contributed by atoms with Gasteiger partial charge in [0.05, 0.1) is 5.69 Å². The van der Waals surface area contributed by atoms with Crippen molar-refractivity contribution in [2.45, 2.75) is 6.10 Å². The van der Waals surface area contributed by atoms with Crippen LogP contribution in [-0.4, -0.2) is 10.1 Å². The van der Waals surface area contributed by atoms with Gasteiger partial charge in [-0.3, -0.25) is 4.98 Å². The number of rotatable bonds is 2. The molecule has 0 saturated heterocycles. The van der Waals surface area contributed by atoms with Crippen molar-refractivity contribution in [3.05, 3.63) is 65.2 Å². The molecule has 17 heavy (non-hydrogen) atoms. The Bertz CT molecular complexity index is 508. The van der Waals surface area contributed by atoms with Crippen LogP contribution in [-0.2, 0) is 0 Å². The number of nitrogens with zero attached hydrogens (tertiary/aromatic N) is 1. The van der Waals surface area contributed by atoms with E-state index in [1.807, 2.05) is 0 Å². The predicted molar refractivity (Wildman–Crippen MR) is 54.6 cm³/mol. The summed E-state index contributed by atoms with van der Waals surface area (Å²) >= 11 is 0. The van der Waals surface area contributed by atoms with E-state index in [-0.39, 0.29) is 11.3 Å². The van der Waals surface area contributed by atoms with Crippen LogP contribution in [0.2, 0.25) is 0 Å². The van der Waals surface area contributed by atoms with Gasteiger partial charge in [-0.1, -0.05) is 6.07 Å². The Labute approximate surface area is 95.4 Å². The fourth-order valence-electron chi connectivity index (χ4n) is 1.44. The van der Waals surface area contributed by atoms with Gasteiger partial charge in [-0.2, -0.15) is 0 Å². The van der Waals surface area contributed by atoms with Gasteiger partial charge in [-0.15, -0.1) is 0 Å². The molecule has 0 saturated carbocycles. The van der Waals surface area contributed by atoms with E-state index < -0.39 is 23.6 Å². The van der Waals surface area contributed by atoms with E-state index >= 15 is 0 Å². The van der Waals surface area contributed by atoms with E-state index in [0.29, 0.717) is 0 Å². The number of aliphatic hydroxyl groups excluding tert-OH is 1. The van der Waals surface area contributed by atoms with Gasteiger partial charge in [0.1, 0.15) is 6.10 Å². The molecule has 0 bridgehead atoms. The molecule has 0 radical (unpaired) electrons. The molecule has 2 aromatic rings. The zero-order chi connectivity index (χ0) is 12.4. The number of aromatic nitrogens is 1. The molecule has 5 heteroatoms. The third-order valence-electron chi connectivity index (χ3n) is 2.29. The summed E-state index contributed by atoms with van der Waals surface area (Å²) in [6.07, 6.45) is 0.148. The Hall–Kier alpha value is -1.88. The second-order valence-electron chi connectivity index (χ2n) is 3.46. The van der Waals surface area contributed by atoms with E-state index in [2.05, 4.69) is 4.98 Å². The molecule has 0 unspecified atom stereocenters. The summed E-state index contributed by atoms with van der Waals surface area (Å²) in [6.45, 7) is 0. The molecule has 1 atom stereocenters. The predicted octanol–water partition coefficient (Wildman–Crippen LogP) is 2.58. The van der Waals surface area contributed by atoms with Crippen molar-refractivity contribution >= 4 is 0 Å². The Morgan fingerprint density at radius 2 is 1.71 bits per heavy atom. The molecular weight excluding hydrogens is 231 g/mol. The molecule has 0 aliphatic rings. The van der Waals surface area contributed by atoms with Crippen LogP contribution in [0.4, 0.5) is 13.2 Å². The minimum atomic E-state index is -1.55. The SMILES string of the molecule is O[C@H](c1cc(F)c(F)c(F)c1)c1ccccn1. The standard InChI is InChI=1S/C12H8F3NO/c13-8-5-7(6-9(14)11(8)15)12(17)10-3-1-2-4-16-10/h1-6,12,17H/t12-/m1/s1. The van der Waals surface area contributed by atoms with Crippen molar-refractivity contribution in [2.75, 3.05) is 0 Å². The molecule has 0 fully saturated rings. The first-order chi connectivity index (χ1) is 8.09. The highest BCUT2D eigenvalue weighted by Gasteiger charge is 2.17. The lowest BCUT2D eigenvalue weighted by atomic mass is 10.1. The van der Waals surface area contributed by atoms with Crippen LogP contribution in [0.15, 0.2) is 36.5 Å². The van der Waals surface area contributed by atoms with Crippen LogP contribution < -0.4 is 0 Å². The van der Waals surface area contributed by atoms with Crippen LogP contribution in [0.1, 0.15) is 17.4 Å². The summed E-state index contributed by atoms with van der Waals surface area (Å²) < 4.78 is 38.7. The van der Waals surface area contributed by atoms with E-state index in [9.17, 15) is 18.3 Å². The first kappa shape index (κ1) is 11.6. The zero-order valence-corrected chi connectivity index (χ0v) is 8.57. The Morgan fingerprint density at radius 3 is 2.24 bits per heavy atom. The largest absolute Gasteiger partial charge is 0.382 e. The number of hydrogen-bond acceptors (Lipinski definition) is 2. The fraction of sp³-hybridized carbons (Fsp3) is 0.0833. The third kappa shape index (κ3) is 2.29. The van der Waals surface area contributed by atoms with Crippen LogP contribution in [0.3, 0.4) is 0 Å². The number of benzene rings is 1. The Balaban J connectivity index is 2.41. The summed E-state index contributed by atoms with van der Waals surface area (Å²) in [7, 11) is 0. The molecular formula is C12H8F3NO. The molecule has 1 aromatic carbocycles. The van der Waals surface area contributed by atoms with Gasteiger partial charge >= 0.3 is 0 Å². The maximum absolute atomic E-state index is 13.0. The molecule has 0 aliphatic heterocycles. The number of aliphatic hydroxyl groups is 1. The van der Waals surface area contributed by atoms with Gasteiger partial charge in [-0.05, 0) is 29.8 Å². The molecule has 1 aromatic heterocycles. The van der Waals surface area contributed by atoms with Crippen molar-refractivity contribution in [3.8, 4) is 0 Å². The van der Waals surface area contributed by atoms with Crippen LogP contribution in [0.5, 0.6) is 0 Å². The highest BCUT2D eigenvalue weighted by molar-refractivity contribution is 5.27. The normalized spacial score (nSPS) is 12.5. The van der Waals surface area contributed by atoms with Crippen LogP contribution in [0.25, 0.3) is 0 Å². The van der Waals surface area contributed by atoms with Gasteiger partial charge in [0.25, 0.3) is 0 Å². The molecule has 88 valence electrons. The number of pyridine rings is 1. The van der Waals surface area contributed by atoms with E-state index in [1.165, 1.54) is 12.3 Å². The van der Waals surface area contributed by atoms with Gasteiger partial charge in [-0.25, -0.2) is 13.2 Å². The van der Waals surface area contributed by atoms with Gasteiger partial charge < -0.3 is 5.11 Å². The number of halogens is 3. The topological polar surface area (TPSA) is 33.1 Å². The molecule has 0 spiro atoms. The lowest BCUT2D eigenvalue weighted by molar-refractivity contribution is 0.213. The first-order valence-electron chi connectivity index (χ1n) is 4.83. The average molecular weight is 239 g/mol. The van der Waals surface area contributed by atoms with Crippen LogP contribution >= 0.6 is 0 Å². The van der Waals surface area contributed by atoms with Gasteiger partial charge in [0, 0.05) is 6.20 Å². The third-order valence-corrected chi connectivity index (χ3v) is 2.29. The second-order valence-corrected chi connectivity index (χ2v) is 3.46. The minimum absolute atomic E-state index is 0.0832. The monoisotopic (exact) mass is 239 g/mol. The summed E-state index contributed by atoms with van der Waals surface area (Å²) in [6, 6.07) is 6.27. The zero-order valence-electron chi connectivity index (χ0n) is 8.57. The van der Waals surface area contributed by atoms with Crippen molar-refractivity contribution < 1.29 is 18.3 Å². The highest BCUT2D eigenvalue weighted by atomic mass is 19.2. The Morgan fingerprint density at radius 1 is 1.06 bits per heavy atom. The van der Waals surface area contributed by atoms with E-state index in [0.717, 1.165) is 12.1 Å². The van der Waals surface area contributed by atoms with Crippen molar-refractivity contribution in [2.24, 2.45) is 0 Å². The quantitative estimate of drug-likeness (QED) is 0.817. The molecule has 2 nitrogen and oxygen atoms in total. The lowest BCUT2D eigenvalue weighted by Crippen LogP contribution is -2.04. The second kappa shape index (κ2) is 4.55. The first-order valence-corrected chi connectivity index (χ1v) is 4.83. The molecule has 0 amide bonds. The maximum Gasteiger partial charge on any atom is 0.194 e. The lowest BCUT2D eigenvalue weighted by Gasteiger charge is -2.10. The van der Waals surface area contributed by atoms with Crippen LogP contribution in [0, 0.1) is 17.5 Å². The van der Waals surface area contributed by atoms with Crippen molar-refractivity contribution in [1.29, 1.82) is 0 Å². The summed E-state index contributed by atoms with van der Waals surface area (Å²) in [4.78, 5) is 3.85. The fourth-order valence-corrected chi connectivity index (χ4v) is 1.44. The highest BCUT2D eigenvalue weighted by Crippen LogP contribution is 2.23. The molecule has 0 aliphatic carbocycles. The smallest absolute Gasteiger partial charge is 0.194 e. The molecule has 1 heterocycles. The summed E-state index contributed by atoms with van der Waals surface area (Å²) in [5.74, 6) is -4.23. The maximum atomic E-state index is 13.0. The number of hydrogen-bond donors (Lipinski definition) is 1. The van der Waals surface area contributed by atoms with Gasteiger partial charge in [0.15, 0.2) is 17.5 Å². The molecule has 2 rings (SSSR count). The minimum Gasteiger partial charge on any atom is -0.382 e. The average Bonchev–Trinajstić information content (AvgIpc) is 2.35. The van der Waals surface area contributed by atoms with E-state index in [4.69, 9.17) is 0 Å². The van der Waals surface area contributed by atoms with Crippen molar-refractivity contribution in [1.82, 2.24) is 4.98 Å². The summed E-state index contributed by atoms with van der Waals surface area (Å²) in [5, 5.41) is 9.81.